The Hall–Kier alpha value is -1.61. The highest BCUT2D eigenvalue weighted by molar-refractivity contribution is 5.28. The van der Waals surface area contributed by atoms with Crippen molar-refractivity contribution in [1.29, 1.82) is 0 Å². The highest BCUT2D eigenvalue weighted by atomic mass is 15.3. The predicted molar refractivity (Wildman–Crippen MR) is 74.6 cm³/mol. The molecule has 0 saturated carbocycles. The summed E-state index contributed by atoms with van der Waals surface area (Å²) < 4.78 is 1.96. The maximum atomic E-state index is 4.48. The maximum absolute atomic E-state index is 4.48. The second-order valence-corrected chi connectivity index (χ2v) is 4.73. The third-order valence-electron chi connectivity index (χ3n) is 3.62. The predicted octanol–water partition coefficient (Wildman–Crippen LogP) is 2.54. The van der Waals surface area contributed by atoms with E-state index < -0.39 is 0 Å². The number of nitrogens with one attached hydrogen (secondary N) is 1. The Morgan fingerprint density at radius 3 is 2.39 bits per heavy atom. The fraction of sp³-hybridized carbons (Fsp3) is 0.400. The molecule has 0 aliphatic rings. The second kappa shape index (κ2) is 5.36. The van der Waals surface area contributed by atoms with E-state index in [-0.39, 0.29) is 0 Å². The van der Waals surface area contributed by atoms with Crippen LogP contribution in [0.25, 0.3) is 0 Å². The molecule has 2 rings (SSSR count). The quantitative estimate of drug-likeness (QED) is 0.894. The minimum absolute atomic E-state index is 0.341. The number of benzene rings is 1. The zero-order valence-electron chi connectivity index (χ0n) is 11.6. The van der Waals surface area contributed by atoms with Crippen LogP contribution < -0.4 is 5.32 Å². The topological polar surface area (TPSA) is 29.9 Å². The molecule has 0 radical (unpaired) electrons. The summed E-state index contributed by atoms with van der Waals surface area (Å²) in [6.45, 7) is 4.22. The second-order valence-electron chi connectivity index (χ2n) is 4.73. The van der Waals surface area contributed by atoms with Crippen LogP contribution in [0.1, 0.15) is 28.6 Å². The van der Waals surface area contributed by atoms with Crippen molar-refractivity contribution in [2.75, 3.05) is 7.05 Å². The van der Waals surface area contributed by atoms with Crippen LogP contribution in [0, 0.1) is 13.8 Å². The van der Waals surface area contributed by atoms with Crippen LogP contribution in [0.3, 0.4) is 0 Å². The Morgan fingerprint density at radius 1 is 1.22 bits per heavy atom. The summed E-state index contributed by atoms with van der Waals surface area (Å²) in [5, 5.41) is 7.87. The number of aromatic nitrogens is 2. The maximum Gasteiger partial charge on any atom is 0.0629 e. The Kier molecular flexibility index (Phi) is 3.82. The number of hydrogen-bond acceptors (Lipinski definition) is 2. The van der Waals surface area contributed by atoms with E-state index in [0.29, 0.717) is 6.04 Å². The molecule has 0 bridgehead atoms. The lowest BCUT2D eigenvalue weighted by Crippen LogP contribution is -2.19. The van der Waals surface area contributed by atoms with Gasteiger partial charge in [0, 0.05) is 18.8 Å². The van der Waals surface area contributed by atoms with E-state index in [2.05, 4.69) is 54.6 Å². The summed E-state index contributed by atoms with van der Waals surface area (Å²) in [5.74, 6) is 0. The molecule has 0 fully saturated rings. The van der Waals surface area contributed by atoms with Gasteiger partial charge >= 0.3 is 0 Å². The van der Waals surface area contributed by atoms with E-state index in [9.17, 15) is 0 Å². The zero-order chi connectivity index (χ0) is 13.1. The van der Waals surface area contributed by atoms with Gasteiger partial charge in [0.1, 0.15) is 0 Å². The van der Waals surface area contributed by atoms with Crippen LogP contribution in [-0.2, 0) is 13.5 Å². The van der Waals surface area contributed by atoms with Crippen LogP contribution in [-0.4, -0.2) is 16.8 Å². The van der Waals surface area contributed by atoms with Gasteiger partial charge in [0.2, 0.25) is 0 Å². The first kappa shape index (κ1) is 12.8. The van der Waals surface area contributed by atoms with Crippen LogP contribution >= 0.6 is 0 Å². The molecule has 0 spiro atoms. The third-order valence-corrected chi connectivity index (χ3v) is 3.62. The van der Waals surface area contributed by atoms with E-state index >= 15 is 0 Å². The number of rotatable bonds is 4. The fourth-order valence-electron chi connectivity index (χ4n) is 2.39. The minimum Gasteiger partial charge on any atom is -0.313 e. The van der Waals surface area contributed by atoms with E-state index in [0.717, 1.165) is 12.1 Å². The Balaban J connectivity index is 2.26. The van der Waals surface area contributed by atoms with Crippen LogP contribution in [0.5, 0.6) is 0 Å². The van der Waals surface area contributed by atoms with Gasteiger partial charge in [-0.3, -0.25) is 4.68 Å². The minimum atomic E-state index is 0.341. The average molecular weight is 243 g/mol. The molecule has 1 heterocycles. The Labute approximate surface area is 109 Å². The van der Waals surface area contributed by atoms with E-state index in [4.69, 9.17) is 0 Å². The normalized spacial score (nSPS) is 12.7. The first-order valence-electron chi connectivity index (χ1n) is 6.34. The number of aryl methyl sites for hydroxylation is 2. The van der Waals surface area contributed by atoms with Gasteiger partial charge in [0.15, 0.2) is 0 Å². The largest absolute Gasteiger partial charge is 0.313 e. The van der Waals surface area contributed by atoms with Crippen molar-refractivity contribution in [3.8, 4) is 0 Å². The van der Waals surface area contributed by atoms with E-state index in [1.165, 1.54) is 16.8 Å². The van der Waals surface area contributed by atoms with Crippen molar-refractivity contribution in [1.82, 2.24) is 15.1 Å². The van der Waals surface area contributed by atoms with Gasteiger partial charge in [-0.15, -0.1) is 0 Å². The van der Waals surface area contributed by atoms with Crippen molar-refractivity contribution in [2.45, 2.75) is 26.3 Å². The number of nitrogens with zero attached hydrogens (tertiary/aromatic N) is 2. The van der Waals surface area contributed by atoms with Crippen molar-refractivity contribution in [3.63, 3.8) is 0 Å². The molecule has 18 heavy (non-hydrogen) atoms. The molecule has 1 unspecified atom stereocenters. The molecule has 0 aliphatic carbocycles. The summed E-state index contributed by atoms with van der Waals surface area (Å²) in [6.07, 6.45) is 0.978. The molecule has 0 amide bonds. The summed E-state index contributed by atoms with van der Waals surface area (Å²) in [7, 11) is 4.02. The van der Waals surface area contributed by atoms with E-state index in [1.54, 1.807) is 0 Å². The van der Waals surface area contributed by atoms with Gasteiger partial charge in [0.25, 0.3) is 0 Å². The Morgan fingerprint density at radius 2 is 1.89 bits per heavy atom. The molecule has 1 aromatic carbocycles. The molecule has 1 atom stereocenters. The van der Waals surface area contributed by atoms with Gasteiger partial charge in [-0.2, -0.15) is 5.10 Å². The number of hydrogen-bond donors (Lipinski definition) is 1. The smallest absolute Gasteiger partial charge is 0.0629 e. The zero-order valence-corrected chi connectivity index (χ0v) is 11.6. The molecular formula is C15H21N3. The first-order valence-corrected chi connectivity index (χ1v) is 6.34. The SMILES string of the molecule is CNC(Cc1c(C)nn(C)c1C)c1ccccc1. The Bertz CT molecular complexity index is 514. The lowest BCUT2D eigenvalue weighted by Gasteiger charge is -2.17. The summed E-state index contributed by atoms with van der Waals surface area (Å²) in [5.41, 5.74) is 5.05. The van der Waals surface area contributed by atoms with Gasteiger partial charge in [-0.05, 0) is 38.4 Å². The first-order chi connectivity index (χ1) is 8.63. The highest BCUT2D eigenvalue weighted by Crippen LogP contribution is 2.22. The van der Waals surface area contributed by atoms with Gasteiger partial charge < -0.3 is 5.32 Å². The summed E-state index contributed by atoms with van der Waals surface area (Å²) in [6, 6.07) is 10.9. The van der Waals surface area contributed by atoms with Gasteiger partial charge in [0.05, 0.1) is 5.69 Å². The van der Waals surface area contributed by atoms with Crippen LogP contribution in [0.2, 0.25) is 0 Å². The molecule has 96 valence electrons. The molecule has 0 aliphatic heterocycles. The van der Waals surface area contributed by atoms with Crippen molar-refractivity contribution < 1.29 is 0 Å². The van der Waals surface area contributed by atoms with Gasteiger partial charge in [-0.1, -0.05) is 30.3 Å². The van der Waals surface area contributed by atoms with Crippen molar-refractivity contribution in [2.24, 2.45) is 7.05 Å². The average Bonchev–Trinajstić information content (AvgIpc) is 2.62. The van der Waals surface area contributed by atoms with E-state index in [1.807, 2.05) is 18.8 Å². The third kappa shape index (κ3) is 2.46. The molecule has 2 aromatic rings. The van der Waals surface area contributed by atoms with Crippen molar-refractivity contribution >= 4 is 0 Å². The van der Waals surface area contributed by atoms with Crippen LogP contribution in [0.4, 0.5) is 0 Å². The van der Waals surface area contributed by atoms with Crippen LogP contribution in [0.15, 0.2) is 30.3 Å². The van der Waals surface area contributed by atoms with Gasteiger partial charge in [-0.25, -0.2) is 0 Å². The van der Waals surface area contributed by atoms with Crippen molar-refractivity contribution in [3.05, 3.63) is 52.8 Å². The fourth-order valence-corrected chi connectivity index (χ4v) is 2.39. The molecular weight excluding hydrogens is 222 g/mol. The molecule has 3 nitrogen and oxygen atoms in total. The standard InChI is InChI=1S/C15H21N3/c1-11-14(12(2)18(4)17-11)10-15(16-3)13-8-6-5-7-9-13/h5-9,15-16H,10H2,1-4H3. The lowest BCUT2D eigenvalue weighted by molar-refractivity contribution is 0.588. The molecule has 3 heteroatoms. The highest BCUT2D eigenvalue weighted by Gasteiger charge is 2.15. The summed E-state index contributed by atoms with van der Waals surface area (Å²) in [4.78, 5) is 0. The molecule has 1 N–H and O–H groups in total. The monoisotopic (exact) mass is 243 g/mol. The molecule has 0 saturated heterocycles. The molecule has 1 aromatic heterocycles. The number of likely N-dealkylation sites (N-methyl/N-ethyl adjacent to an activating group) is 1. The summed E-state index contributed by atoms with van der Waals surface area (Å²) >= 11 is 0. The lowest BCUT2D eigenvalue weighted by atomic mass is 9.98.